The summed E-state index contributed by atoms with van der Waals surface area (Å²) < 4.78 is 5.49. The van der Waals surface area contributed by atoms with Gasteiger partial charge in [-0.3, -0.25) is 4.79 Å². The van der Waals surface area contributed by atoms with Crippen LogP contribution in [-0.4, -0.2) is 12.1 Å². The van der Waals surface area contributed by atoms with E-state index in [2.05, 4.69) is 40.2 Å². The van der Waals surface area contributed by atoms with E-state index in [4.69, 9.17) is 4.74 Å². The summed E-state index contributed by atoms with van der Waals surface area (Å²) in [6, 6.07) is 8.35. The maximum atomic E-state index is 12.5. The molecular weight excluding hydrogens is 316 g/mol. The highest BCUT2D eigenvalue weighted by Gasteiger charge is 2.33. The van der Waals surface area contributed by atoms with Gasteiger partial charge in [0.2, 0.25) is 0 Å². The van der Waals surface area contributed by atoms with E-state index >= 15 is 0 Å². The average Bonchev–Trinajstić information content (AvgIpc) is 2.93. The molecule has 3 heteroatoms. The van der Waals surface area contributed by atoms with E-state index in [1.165, 1.54) is 18.4 Å². The molecule has 1 saturated carbocycles. The minimum absolute atomic E-state index is 0.0479. The van der Waals surface area contributed by atoms with Gasteiger partial charge in [0.05, 0.1) is 12.0 Å². The highest BCUT2D eigenvalue weighted by Crippen LogP contribution is 2.38. The maximum absolute atomic E-state index is 12.5. The Balaban J connectivity index is 2.22. The zero-order valence-electron chi connectivity index (χ0n) is 12.3. The smallest absolute Gasteiger partial charge is 0.313 e. The third kappa shape index (κ3) is 3.85. The number of halogens is 1. The summed E-state index contributed by atoms with van der Waals surface area (Å²) in [6.45, 7) is 3.83. The van der Waals surface area contributed by atoms with E-state index in [9.17, 15) is 4.79 Å². The topological polar surface area (TPSA) is 26.3 Å². The van der Waals surface area contributed by atoms with Crippen molar-refractivity contribution in [2.45, 2.75) is 56.9 Å². The minimum Gasteiger partial charge on any atom is -0.462 e. The average molecular weight is 339 g/mol. The van der Waals surface area contributed by atoms with Gasteiger partial charge in [0.1, 0.15) is 0 Å². The second kappa shape index (κ2) is 7.26. The molecule has 110 valence electrons. The SMILES string of the molecule is CC(C)OC(=O)C(c1ccc(CBr)cc1)C1CCCC1. The van der Waals surface area contributed by atoms with E-state index in [-0.39, 0.29) is 18.0 Å². The molecule has 0 aromatic heterocycles. The summed E-state index contributed by atoms with van der Waals surface area (Å²) in [5.74, 6) is 0.291. The second-order valence-corrected chi connectivity index (χ2v) is 6.44. The molecule has 0 saturated heterocycles. The lowest BCUT2D eigenvalue weighted by molar-refractivity contribution is -0.150. The number of esters is 1. The third-order valence-electron chi connectivity index (χ3n) is 3.97. The summed E-state index contributed by atoms with van der Waals surface area (Å²) >= 11 is 3.46. The van der Waals surface area contributed by atoms with Crippen LogP contribution >= 0.6 is 15.9 Å². The van der Waals surface area contributed by atoms with Gasteiger partial charge in [-0.05, 0) is 43.7 Å². The number of rotatable bonds is 5. The molecule has 0 radical (unpaired) electrons. The van der Waals surface area contributed by atoms with Crippen molar-refractivity contribution in [3.63, 3.8) is 0 Å². The van der Waals surface area contributed by atoms with Crippen LogP contribution in [0.15, 0.2) is 24.3 Å². The number of benzene rings is 1. The van der Waals surface area contributed by atoms with E-state index in [1.54, 1.807) is 0 Å². The molecule has 1 aromatic rings. The van der Waals surface area contributed by atoms with Crippen LogP contribution < -0.4 is 0 Å². The molecule has 2 nitrogen and oxygen atoms in total. The van der Waals surface area contributed by atoms with Crippen LogP contribution in [0.2, 0.25) is 0 Å². The van der Waals surface area contributed by atoms with Crippen molar-refractivity contribution in [1.82, 2.24) is 0 Å². The quantitative estimate of drug-likeness (QED) is 0.569. The zero-order valence-corrected chi connectivity index (χ0v) is 13.9. The molecule has 0 bridgehead atoms. The van der Waals surface area contributed by atoms with Gasteiger partial charge >= 0.3 is 5.97 Å². The highest BCUT2D eigenvalue weighted by molar-refractivity contribution is 9.08. The lowest BCUT2D eigenvalue weighted by Gasteiger charge is -2.23. The molecule has 0 heterocycles. The van der Waals surface area contributed by atoms with Crippen LogP contribution in [-0.2, 0) is 14.9 Å². The van der Waals surface area contributed by atoms with Gasteiger partial charge in [-0.2, -0.15) is 0 Å². The third-order valence-corrected chi connectivity index (χ3v) is 4.62. The minimum atomic E-state index is -0.0933. The number of carbonyl (C=O) groups is 1. The largest absolute Gasteiger partial charge is 0.462 e. The Morgan fingerprint density at radius 3 is 2.35 bits per heavy atom. The van der Waals surface area contributed by atoms with Crippen molar-refractivity contribution in [2.24, 2.45) is 5.92 Å². The van der Waals surface area contributed by atoms with Gasteiger partial charge in [-0.15, -0.1) is 0 Å². The Morgan fingerprint density at radius 1 is 1.25 bits per heavy atom. The molecular formula is C17H23BrO2. The predicted molar refractivity (Wildman–Crippen MR) is 85.0 cm³/mol. The fourth-order valence-corrected chi connectivity index (χ4v) is 3.38. The van der Waals surface area contributed by atoms with Gasteiger partial charge in [0, 0.05) is 5.33 Å². The first kappa shape index (κ1) is 15.6. The number of ether oxygens (including phenoxy) is 1. The summed E-state index contributed by atoms with van der Waals surface area (Å²) in [4.78, 5) is 12.5. The molecule has 1 unspecified atom stereocenters. The molecule has 20 heavy (non-hydrogen) atoms. The summed E-state index contributed by atoms with van der Waals surface area (Å²) in [7, 11) is 0. The van der Waals surface area contributed by atoms with Gasteiger partial charge in [-0.1, -0.05) is 53.0 Å². The number of carbonyl (C=O) groups excluding carboxylic acids is 1. The highest BCUT2D eigenvalue weighted by atomic mass is 79.9. The van der Waals surface area contributed by atoms with Crippen molar-refractivity contribution in [3.05, 3.63) is 35.4 Å². The van der Waals surface area contributed by atoms with Gasteiger partial charge in [0.15, 0.2) is 0 Å². The number of hydrogen-bond donors (Lipinski definition) is 0. The summed E-state index contributed by atoms with van der Waals surface area (Å²) in [5.41, 5.74) is 2.34. The number of hydrogen-bond acceptors (Lipinski definition) is 2. The summed E-state index contributed by atoms with van der Waals surface area (Å²) in [5, 5.41) is 0.845. The first-order valence-corrected chi connectivity index (χ1v) is 8.59. The van der Waals surface area contributed by atoms with Gasteiger partial charge in [0.25, 0.3) is 0 Å². The number of alkyl halides is 1. The van der Waals surface area contributed by atoms with Gasteiger partial charge in [-0.25, -0.2) is 0 Å². The fraction of sp³-hybridized carbons (Fsp3) is 0.588. The lowest BCUT2D eigenvalue weighted by atomic mass is 9.84. The van der Waals surface area contributed by atoms with E-state index in [0.29, 0.717) is 5.92 Å². The molecule has 1 aliphatic rings. The Morgan fingerprint density at radius 2 is 1.85 bits per heavy atom. The van der Waals surface area contributed by atoms with E-state index in [0.717, 1.165) is 23.7 Å². The Kier molecular flexibility index (Phi) is 5.64. The Bertz CT molecular complexity index is 433. The summed E-state index contributed by atoms with van der Waals surface area (Å²) in [6.07, 6.45) is 4.69. The first-order valence-electron chi connectivity index (χ1n) is 7.47. The molecule has 2 rings (SSSR count). The van der Waals surface area contributed by atoms with Crippen LogP contribution in [0.25, 0.3) is 0 Å². The van der Waals surface area contributed by atoms with Crippen molar-refractivity contribution in [3.8, 4) is 0 Å². The lowest BCUT2D eigenvalue weighted by Crippen LogP contribution is -2.25. The molecule has 1 fully saturated rings. The first-order chi connectivity index (χ1) is 9.61. The zero-order chi connectivity index (χ0) is 14.5. The maximum Gasteiger partial charge on any atom is 0.313 e. The standard InChI is InChI=1S/C17H23BrO2/c1-12(2)20-17(19)16(14-5-3-4-6-14)15-9-7-13(11-18)8-10-15/h7-10,12,14,16H,3-6,11H2,1-2H3. The van der Waals surface area contributed by atoms with Crippen LogP contribution in [0, 0.1) is 5.92 Å². The van der Waals surface area contributed by atoms with E-state index < -0.39 is 0 Å². The van der Waals surface area contributed by atoms with Crippen molar-refractivity contribution < 1.29 is 9.53 Å². The predicted octanol–water partition coefficient (Wildman–Crippen LogP) is 4.81. The van der Waals surface area contributed by atoms with Crippen molar-refractivity contribution in [2.75, 3.05) is 0 Å². The normalized spacial score (nSPS) is 17.4. The fourth-order valence-electron chi connectivity index (χ4n) is 3.01. The van der Waals surface area contributed by atoms with Crippen LogP contribution in [0.1, 0.15) is 56.6 Å². The van der Waals surface area contributed by atoms with Crippen molar-refractivity contribution in [1.29, 1.82) is 0 Å². The molecule has 0 spiro atoms. The van der Waals surface area contributed by atoms with Gasteiger partial charge < -0.3 is 4.74 Å². The molecule has 0 aliphatic heterocycles. The Labute approximate surface area is 130 Å². The van der Waals surface area contributed by atoms with Crippen LogP contribution in [0.3, 0.4) is 0 Å². The second-order valence-electron chi connectivity index (χ2n) is 5.88. The molecule has 1 aromatic carbocycles. The van der Waals surface area contributed by atoms with Crippen molar-refractivity contribution >= 4 is 21.9 Å². The van der Waals surface area contributed by atoms with E-state index in [1.807, 2.05) is 13.8 Å². The van der Waals surface area contributed by atoms with Crippen LogP contribution in [0.5, 0.6) is 0 Å². The molecule has 1 atom stereocenters. The molecule has 1 aliphatic carbocycles. The van der Waals surface area contributed by atoms with Crippen LogP contribution in [0.4, 0.5) is 0 Å². The molecule has 0 amide bonds. The monoisotopic (exact) mass is 338 g/mol. The molecule has 0 N–H and O–H groups in total. The Hall–Kier alpha value is -0.830.